The van der Waals surface area contributed by atoms with Crippen molar-refractivity contribution in [3.05, 3.63) is 0 Å². The summed E-state index contributed by atoms with van der Waals surface area (Å²) in [6, 6.07) is 0. The highest BCUT2D eigenvalue weighted by atomic mass is 127. The van der Waals surface area contributed by atoms with Crippen LogP contribution in [0.1, 0.15) is 67.2 Å². The van der Waals surface area contributed by atoms with Crippen LogP contribution in [0.15, 0.2) is 0 Å². The Balaban J connectivity index is 5.02. The van der Waals surface area contributed by atoms with E-state index < -0.39 is 31.0 Å². The van der Waals surface area contributed by atoms with Gasteiger partial charge in [0.2, 0.25) is 0 Å². The van der Waals surface area contributed by atoms with Gasteiger partial charge in [0.15, 0.2) is 0 Å². The summed E-state index contributed by atoms with van der Waals surface area (Å²) in [5.41, 5.74) is -1.51. The van der Waals surface area contributed by atoms with E-state index in [1.54, 1.807) is 13.8 Å². The second kappa shape index (κ2) is 13.0. The first kappa shape index (κ1) is 29.3. The van der Waals surface area contributed by atoms with E-state index in [1.165, 1.54) is 0 Å². The van der Waals surface area contributed by atoms with Gasteiger partial charge in [-0.05, 0) is 39.0 Å². The van der Waals surface area contributed by atoms with Crippen LogP contribution in [0, 0.1) is 16.7 Å². The maximum absolute atomic E-state index is 12.8. The third-order valence-electron chi connectivity index (χ3n) is 5.31. The lowest BCUT2D eigenvalue weighted by molar-refractivity contribution is -0.167. The number of carbonyl (C=O) groups excluding carboxylic acids is 4. The number of rotatable bonds is 14. The number of aldehydes is 1. The molecule has 9 heteroatoms. The fraction of sp³-hybridized carbons (Fsp3) is 0.810. The molecule has 0 rings (SSSR count). The van der Waals surface area contributed by atoms with Crippen LogP contribution in [-0.2, 0) is 33.4 Å². The van der Waals surface area contributed by atoms with Crippen molar-refractivity contribution >= 4 is 62.7 Å². The first-order valence-electron chi connectivity index (χ1n) is 10.0. The van der Waals surface area contributed by atoms with E-state index in [-0.39, 0.29) is 32.0 Å². The Hall–Kier alpha value is -0.710. The van der Waals surface area contributed by atoms with Gasteiger partial charge in [0.05, 0.1) is 26.7 Å². The van der Waals surface area contributed by atoms with Crippen molar-refractivity contribution in [2.45, 2.75) is 69.6 Å². The Kier molecular flexibility index (Phi) is 12.7. The third-order valence-corrected chi connectivity index (χ3v) is 6.61. The van der Waals surface area contributed by atoms with E-state index in [2.05, 4.69) is 38.5 Å². The summed E-state index contributed by atoms with van der Waals surface area (Å²) in [5.74, 6) is -1.72. The normalized spacial score (nSPS) is 14.9. The molecule has 0 aliphatic heterocycles. The van der Waals surface area contributed by atoms with E-state index >= 15 is 0 Å². The van der Waals surface area contributed by atoms with Crippen LogP contribution in [-0.4, -0.2) is 46.3 Å². The van der Waals surface area contributed by atoms with Gasteiger partial charge in [0.1, 0.15) is 19.5 Å². The number of hydrogen-bond acceptors (Lipinski definition) is 7. The largest absolute Gasteiger partial charge is 0.465 e. The van der Waals surface area contributed by atoms with E-state index in [9.17, 15) is 19.2 Å². The van der Waals surface area contributed by atoms with Gasteiger partial charge in [-0.15, -0.1) is 0 Å². The van der Waals surface area contributed by atoms with Gasteiger partial charge in [-0.3, -0.25) is 14.4 Å². The van der Waals surface area contributed by atoms with Gasteiger partial charge in [0.25, 0.3) is 0 Å². The van der Waals surface area contributed by atoms with E-state index in [0.29, 0.717) is 19.3 Å². The Morgan fingerprint density at radius 1 is 1.00 bits per heavy atom. The molecule has 0 aromatic rings. The zero-order valence-corrected chi connectivity index (χ0v) is 22.5. The minimum absolute atomic E-state index is 0.00705. The molecule has 2 unspecified atom stereocenters. The number of alkyl halides is 2. The van der Waals surface area contributed by atoms with Crippen LogP contribution in [0.2, 0.25) is 0 Å². The second-order valence-electron chi connectivity index (χ2n) is 8.45. The third kappa shape index (κ3) is 9.62. The standard InChI is InChI=1S/C21H34BrIO7/c1-7-11-29-17(26)15(21(6,22)23)14-19(2,3)20(4,5)18(27)30-13-12-28-16(25)9-8-10-24/h10,15H,7-9,11-14H2,1-6H3. The minimum Gasteiger partial charge on any atom is -0.465 e. The van der Waals surface area contributed by atoms with Gasteiger partial charge < -0.3 is 19.0 Å². The first-order valence-corrected chi connectivity index (χ1v) is 11.9. The summed E-state index contributed by atoms with van der Waals surface area (Å²) < 4.78 is 15.1. The van der Waals surface area contributed by atoms with Crippen LogP contribution < -0.4 is 0 Å². The molecule has 0 saturated carbocycles. The minimum atomic E-state index is -0.910. The van der Waals surface area contributed by atoms with Crippen molar-refractivity contribution < 1.29 is 33.4 Å². The second-order valence-corrected chi connectivity index (χ2v) is 13.8. The van der Waals surface area contributed by atoms with Crippen LogP contribution in [0.3, 0.4) is 0 Å². The van der Waals surface area contributed by atoms with Crippen LogP contribution in [0.5, 0.6) is 0 Å². The molecule has 2 atom stereocenters. The van der Waals surface area contributed by atoms with Crippen molar-refractivity contribution in [2.24, 2.45) is 16.7 Å². The van der Waals surface area contributed by atoms with Gasteiger partial charge in [-0.25, -0.2) is 0 Å². The molecule has 0 heterocycles. The molecule has 0 aromatic carbocycles. The molecule has 0 bridgehead atoms. The zero-order valence-electron chi connectivity index (χ0n) is 18.7. The van der Waals surface area contributed by atoms with Crippen molar-refractivity contribution in [1.29, 1.82) is 0 Å². The molecule has 0 amide bonds. The highest BCUT2D eigenvalue weighted by molar-refractivity contribution is 14.1. The quantitative estimate of drug-likeness (QED) is 0.0713. The summed E-state index contributed by atoms with van der Waals surface area (Å²) in [5, 5.41) is 0. The van der Waals surface area contributed by atoms with Crippen molar-refractivity contribution in [1.82, 2.24) is 0 Å². The van der Waals surface area contributed by atoms with E-state index in [0.717, 1.165) is 6.42 Å². The van der Waals surface area contributed by atoms with Crippen molar-refractivity contribution in [3.8, 4) is 0 Å². The summed E-state index contributed by atoms with van der Waals surface area (Å²) in [6.45, 7) is 11.4. The Morgan fingerprint density at radius 3 is 2.07 bits per heavy atom. The van der Waals surface area contributed by atoms with Crippen LogP contribution in [0.4, 0.5) is 0 Å². The topological polar surface area (TPSA) is 96.0 Å². The van der Waals surface area contributed by atoms with Gasteiger partial charge in [-0.1, -0.05) is 59.3 Å². The predicted octanol–water partition coefficient (Wildman–Crippen LogP) is 4.61. The maximum atomic E-state index is 12.8. The molecule has 0 spiro atoms. The first-order chi connectivity index (χ1) is 13.7. The lowest BCUT2D eigenvalue weighted by atomic mass is 9.63. The molecular weight excluding hydrogens is 571 g/mol. The molecule has 0 aliphatic carbocycles. The Morgan fingerprint density at radius 2 is 1.57 bits per heavy atom. The van der Waals surface area contributed by atoms with E-state index in [1.807, 2.05) is 27.7 Å². The van der Waals surface area contributed by atoms with Gasteiger partial charge in [0, 0.05) is 6.42 Å². The van der Waals surface area contributed by atoms with Crippen molar-refractivity contribution in [2.75, 3.05) is 19.8 Å². The molecule has 174 valence electrons. The lowest BCUT2D eigenvalue weighted by Gasteiger charge is -2.42. The maximum Gasteiger partial charge on any atom is 0.312 e. The fourth-order valence-corrected chi connectivity index (χ4v) is 3.36. The molecule has 7 nitrogen and oxygen atoms in total. The number of esters is 3. The molecule has 0 saturated heterocycles. The SMILES string of the molecule is CCCOC(=O)C(CC(C)(C)C(C)(C)C(=O)OCCOC(=O)CCC=O)C(C)(Br)I. The van der Waals surface area contributed by atoms with Gasteiger partial charge >= 0.3 is 17.9 Å². The molecule has 0 fully saturated rings. The number of hydrogen-bond donors (Lipinski definition) is 0. The average molecular weight is 605 g/mol. The van der Waals surface area contributed by atoms with E-state index in [4.69, 9.17) is 14.2 Å². The van der Waals surface area contributed by atoms with Crippen LogP contribution >= 0.6 is 38.5 Å². The lowest BCUT2D eigenvalue weighted by Crippen LogP contribution is -2.45. The van der Waals surface area contributed by atoms with Crippen molar-refractivity contribution in [3.63, 3.8) is 0 Å². The van der Waals surface area contributed by atoms with Gasteiger partial charge in [-0.2, -0.15) is 0 Å². The molecule has 30 heavy (non-hydrogen) atoms. The Labute approximate surface area is 201 Å². The summed E-state index contributed by atoms with van der Waals surface area (Å²) in [7, 11) is 0. The summed E-state index contributed by atoms with van der Waals surface area (Å²) >= 11 is 5.74. The Bertz CT molecular complexity index is 597. The number of ether oxygens (including phenoxy) is 3. The number of halogens is 2. The molecule has 0 aromatic heterocycles. The highest BCUT2D eigenvalue weighted by Crippen LogP contribution is 2.49. The molecular formula is C21H34BrIO7. The fourth-order valence-electron chi connectivity index (χ4n) is 2.53. The molecule has 0 radical (unpaired) electrons. The van der Waals surface area contributed by atoms with Crippen LogP contribution in [0.25, 0.3) is 0 Å². The zero-order chi connectivity index (χ0) is 23.6. The predicted molar refractivity (Wildman–Crippen MR) is 125 cm³/mol. The molecule has 0 N–H and O–H groups in total. The number of carbonyl (C=O) groups is 4. The molecule has 0 aliphatic rings. The highest BCUT2D eigenvalue weighted by Gasteiger charge is 2.49. The smallest absolute Gasteiger partial charge is 0.312 e. The monoisotopic (exact) mass is 604 g/mol. The summed E-state index contributed by atoms with van der Waals surface area (Å²) in [6.07, 6.45) is 1.89. The average Bonchev–Trinajstić information content (AvgIpc) is 2.64. The summed E-state index contributed by atoms with van der Waals surface area (Å²) in [4.78, 5) is 47.0.